The standard InChI is InChI=1S/C16H33N3O2/c1-6-7-14(15(17)18-21)16(20)19(10-8-12(2)3)11-9-13(4)5/h12-14,21H,6-11H2,1-5H3,(H2,17,18). The van der Waals surface area contributed by atoms with Gasteiger partial charge in [-0.15, -0.1) is 0 Å². The first-order valence-electron chi connectivity index (χ1n) is 8.09. The molecule has 0 rings (SSSR count). The molecule has 0 aliphatic carbocycles. The van der Waals surface area contributed by atoms with Crippen LogP contribution in [0.5, 0.6) is 0 Å². The van der Waals surface area contributed by atoms with E-state index in [0.717, 1.165) is 32.4 Å². The fourth-order valence-electron chi connectivity index (χ4n) is 2.14. The monoisotopic (exact) mass is 299 g/mol. The van der Waals surface area contributed by atoms with Crippen molar-refractivity contribution >= 4 is 11.7 Å². The number of carbonyl (C=O) groups excluding carboxylic acids is 1. The highest BCUT2D eigenvalue weighted by molar-refractivity contribution is 6.02. The van der Waals surface area contributed by atoms with Crippen molar-refractivity contribution < 1.29 is 10.0 Å². The van der Waals surface area contributed by atoms with E-state index in [0.29, 0.717) is 18.3 Å². The first kappa shape index (κ1) is 19.7. The lowest BCUT2D eigenvalue weighted by molar-refractivity contribution is -0.134. The van der Waals surface area contributed by atoms with Crippen molar-refractivity contribution in [2.45, 2.75) is 60.3 Å². The zero-order valence-corrected chi connectivity index (χ0v) is 14.3. The fourth-order valence-corrected chi connectivity index (χ4v) is 2.14. The topological polar surface area (TPSA) is 78.9 Å². The molecule has 0 aliphatic rings. The van der Waals surface area contributed by atoms with Gasteiger partial charge in [-0.05, 0) is 31.1 Å². The van der Waals surface area contributed by atoms with Crippen molar-refractivity contribution in [2.75, 3.05) is 13.1 Å². The highest BCUT2D eigenvalue weighted by Crippen LogP contribution is 2.15. The van der Waals surface area contributed by atoms with E-state index in [4.69, 9.17) is 10.9 Å². The minimum Gasteiger partial charge on any atom is -0.409 e. The Hall–Kier alpha value is -1.26. The van der Waals surface area contributed by atoms with E-state index >= 15 is 0 Å². The number of amides is 1. The molecule has 5 nitrogen and oxygen atoms in total. The van der Waals surface area contributed by atoms with Gasteiger partial charge in [-0.3, -0.25) is 4.79 Å². The molecule has 0 heterocycles. The van der Waals surface area contributed by atoms with Crippen LogP contribution in [0.2, 0.25) is 0 Å². The number of nitrogens with two attached hydrogens (primary N) is 1. The Kier molecular flexibility index (Phi) is 9.84. The molecule has 0 radical (unpaired) electrons. The van der Waals surface area contributed by atoms with E-state index in [1.54, 1.807) is 0 Å². The molecule has 0 aliphatic heterocycles. The quantitative estimate of drug-likeness (QED) is 0.281. The van der Waals surface area contributed by atoms with Crippen molar-refractivity contribution in [3.05, 3.63) is 0 Å². The molecule has 0 fully saturated rings. The lowest BCUT2D eigenvalue weighted by atomic mass is 9.99. The SMILES string of the molecule is CCCC(C(=O)N(CCC(C)C)CCC(C)C)C(N)=NO. The maximum absolute atomic E-state index is 12.7. The van der Waals surface area contributed by atoms with Crippen LogP contribution in [0.25, 0.3) is 0 Å². The number of oxime groups is 1. The van der Waals surface area contributed by atoms with Crippen LogP contribution in [0.4, 0.5) is 0 Å². The second-order valence-corrected chi connectivity index (χ2v) is 6.56. The summed E-state index contributed by atoms with van der Waals surface area (Å²) in [7, 11) is 0. The Bertz CT molecular complexity index is 315. The van der Waals surface area contributed by atoms with Gasteiger partial charge in [-0.1, -0.05) is 46.2 Å². The number of hydrogen-bond donors (Lipinski definition) is 2. The fraction of sp³-hybridized carbons (Fsp3) is 0.875. The van der Waals surface area contributed by atoms with Crippen molar-refractivity contribution in [2.24, 2.45) is 28.6 Å². The number of nitrogens with zero attached hydrogens (tertiary/aromatic N) is 2. The predicted molar refractivity (Wildman–Crippen MR) is 87.3 cm³/mol. The molecule has 0 aromatic carbocycles. The first-order chi connectivity index (χ1) is 9.83. The van der Waals surface area contributed by atoms with Crippen LogP contribution in [-0.2, 0) is 4.79 Å². The van der Waals surface area contributed by atoms with Crippen molar-refractivity contribution in [3.63, 3.8) is 0 Å². The highest BCUT2D eigenvalue weighted by atomic mass is 16.4. The zero-order chi connectivity index (χ0) is 16.4. The Morgan fingerprint density at radius 1 is 1.10 bits per heavy atom. The van der Waals surface area contributed by atoms with E-state index < -0.39 is 5.92 Å². The Labute approximate surface area is 129 Å². The van der Waals surface area contributed by atoms with E-state index in [9.17, 15) is 4.79 Å². The van der Waals surface area contributed by atoms with Crippen LogP contribution in [0, 0.1) is 17.8 Å². The maximum Gasteiger partial charge on any atom is 0.233 e. The lowest BCUT2D eigenvalue weighted by Gasteiger charge is -2.28. The second kappa shape index (κ2) is 10.5. The van der Waals surface area contributed by atoms with Crippen LogP contribution in [0.1, 0.15) is 60.3 Å². The van der Waals surface area contributed by atoms with Crippen LogP contribution < -0.4 is 5.73 Å². The summed E-state index contributed by atoms with van der Waals surface area (Å²) >= 11 is 0. The summed E-state index contributed by atoms with van der Waals surface area (Å²) in [6.45, 7) is 12.1. The number of amidine groups is 1. The van der Waals surface area contributed by atoms with Crippen LogP contribution in [0.15, 0.2) is 5.16 Å². The van der Waals surface area contributed by atoms with Crippen LogP contribution in [-0.4, -0.2) is 34.9 Å². The van der Waals surface area contributed by atoms with E-state index in [2.05, 4.69) is 32.9 Å². The largest absolute Gasteiger partial charge is 0.409 e. The van der Waals surface area contributed by atoms with Crippen molar-refractivity contribution in [1.82, 2.24) is 4.90 Å². The average molecular weight is 299 g/mol. The highest BCUT2D eigenvalue weighted by Gasteiger charge is 2.27. The smallest absolute Gasteiger partial charge is 0.233 e. The van der Waals surface area contributed by atoms with Gasteiger partial charge in [0.2, 0.25) is 5.91 Å². The third-order valence-corrected chi connectivity index (χ3v) is 3.61. The molecule has 0 aromatic rings. The molecule has 0 saturated heterocycles. The van der Waals surface area contributed by atoms with Crippen LogP contribution in [0.3, 0.4) is 0 Å². The molecule has 1 amide bonds. The molecule has 1 unspecified atom stereocenters. The summed E-state index contributed by atoms with van der Waals surface area (Å²) in [6.07, 6.45) is 3.39. The van der Waals surface area contributed by atoms with Gasteiger partial charge in [0.15, 0.2) is 5.84 Å². The number of hydrogen-bond acceptors (Lipinski definition) is 3. The second-order valence-electron chi connectivity index (χ2n) is 6.56. The van der Waals surface area contributed by atoms with E-state index in [1.165, 1.54) is 0 Å². The third kappa shape index (κ3) is 7.93. The molecule has 0 spiro atoms. The van der Waals surface area contributed by atoms with Gasteiger partial charge >= 0.3 is 0 Å². The molecular weight excluding hydrogens is 266 g/mol. The summed E-state index contributed by atoms with van der Waals surface area (Å²) < 4.78 is 0. The van der Waals surface area contributed by atoms with Gasteiger partial charge in [0.05, 0.1) is 5.92 Å². The van der Waals surface area contributed by atoms with E-state index in [1.807, 2.05) is 11.8 Å². The third-order valence-electron chi connectivity index (χ3n) is 3.61. The molecule has 21 heavy (non-hydrogen) atoms. The Morgan fingerprint density at radius 2 is 1.57 bits per heavy atom. The summed E-state index contributed by atoms with van der Waals surface area (Å²) in [4.78, 5) is 14.6. The van der Waals surface area contributed by atoms with Crippen molar-refractivity contribution in [1.29, 1.82) is 0 Å². The number of rotatable bonds is 10. The van der Waals surface area contributed by atoms with Gasteiger partial charge in [-0.2, -0.15) is 0 Å². The summed E-state index contributed by atoms with van der Waals surface area (Å²) in [5.74, 6) is 0.620. The molecule has 1 atom stereocenters. The van der Waals surface area contributed by atoms with Crippen LogP contribution >= 0.6 is 0 Å². The number of carbonyl (C=O) groups is 1. The Balaban J connectivity index is 4.93. The normalized spacial score (nSPS) is 13.8. The molecule has 124 valence electrons. The minimum atomic E-state index is -0.501. The zero-order valence-electron chi connectivity index (χ0n) is 14.3. The van der Waals surface area contributed by atoms with Gasteiger partial charge < -0.3 is 15.8 Å². The molecule has 5 heteroatoms. The van der Waals surface area contributed by atoms with Crippen molar-refractivity contribution in [3.8, 4) is 0 Å². The van der Waals surface area contributed by atoms with Gasteiger partial charge in [-0.25, -0.2) is 0 Å². The van der Waals surface area contributed by atoms with Gasteiger partial charge in [0.1, 0.15) is 0 Å². The van der Waals surface area contributed by atoms with Gasteiger partial charge in [0.25, 0.3) is 0 Å². The first-order valence-corrected chi connectivity index (χ1v) is 8.09. The summed E-state index contributed by atoms with van der Waals surface area (Å²) in [5.41, 5.74) is 5.71. The molecule has 0 aromatic heterocycles. The summed E-state index contributed by atoms with van der Waals surface area (Å²) in [6, 6.07) is 0. The summed E-state index contributed by atoms with van der Waals surface area (Å²) in [5, 5.41) is 11.9. The predicted octanol–water partition coefficient (Wildman–Crippen LogP) is 3.07. The molecule has 0 bridgehead atoms. The average Bonchev–Trinajstić information content (AvgIpc) is 2.42. The maximum atomic E-state index is 12.7. The minimum absolute atomic E-state index is 0.00606. The molecule has 3 N–H and O–H groups in total. The molecular formula is C16H33N3O2. The van der Waals surface area contributed by atoms with Gasteiger partial charge in [0, 0.05) is 13.1 Å². The Morgan fingerprint density at radius 3 is 1.90 bits per heavy atom. The lowest BCUT2D eigenvalue weighted by Crippen LogP contribution is -2.43. The van der Waals surface area contributed by atoms with E-state index in [-0.39, 0.29) is 11.7 Å². The molecule has 0 saturated carbocycles.